The highest BCUT2D eigenvalue weighted by molar-refractivity contribution is 5.50. The summed E-state index contributed by atoms with van der Waals surface area (Å²) in [5.74, 6) is 0.892. The van der Waals surface area contributed by atoms with E-state index in [0.29, 0.717) is 0 Å². The fraction of sp³-hybridized carbons (Fsp3) is 0.429. The Morgan fingerprint density at radius 3 is 2.53 bits per heavy atom. The Balaban J connectivity index is 2.19. The summed E-state index contributed by atoms with van der Waals surface area (Å²) in [5, 5.41) is 3.29. The van der Waals surface area contributed by atoms with Gasteiger partial charge in [-0.1, -0.05) is 24.3 Å². The van der Waals surface area contributed by atoms with E-state index in [9.17, 15) is 0 Å². The lowest BCUT2D eigenvalue weighted by Gasteiger charge is -2.01. The molecule has 0 spiro atoms. The third-order valence-electron chi connectivity index (χ3n) is 2.40. The summed E-state index contributed by atoms with van der Waals surface area (Å²) in [7, 11) is 3.39. The lowest BCUT2D eigenvalue weighted by Crippen LogP contribution is -2.19. The maximum Gasteiger partial charge on any atom is 0.118 e. The van der Waals surface area contributed by atoms with Gasteiger partial charge in [0.1, 0.15) is 5.75 Å². The molecule has 0 atom stereocenters. The Kier molecular flexibility index (Phi) is 7.11. The molecule has 17 heavy (non-hydrogen) atoms. The highest BCUT2D eigenvalue weighted by Crippen LogP contribution is 2.12. The molecular weight excluding hydrogens is 214 g/mol. The Morgan fingerprint density at radius 2 is 1.88 bits per heavy atom. The first-order chi connectivity index (χ1) is 8.36. The molecule has 3 heteroatoms. The van der Waals surface area contributed by atoms with Crippen LogP contribution in [-0.2, 0) is 4.74 Å². The van der Waals surface area contributed by atoms with Crippen LogP contribution in [0.3, 0.4) is 0 Å². The van der Waals surface area contributed by atoms with Crippen LogP contribution in [0.2, 0.25) is 0 Å². The average molecular weight is 235 g/mol. The standard InChI is InChI=1S/C14H21NO2/c1-16-12-11-15-10-4-3-5-13-6-8-14(17-2)9-7-13/h3,5-9,15H,4,10-12H2,1-2H3. The summed E-state index contributed by atoms with van der Waals surface area (Å²) in [6, 6.07) is 8.04. The monoisotopic (exact) mass is 235 g/mol. The highest BCUT2D eigenvalue weighted by Gasteiger charge is 1.89. The molecule has 94 valence electrons. The van der Waals surface area contributed by atoms with Crippen LogP contribution in [0.1, 0.15) is 12.0 Å². The van der Waals surface area contributed by atoms with E-state index in [1.165, 1.54) is 5.56 Å². The van der Waals surface area contributed by atoms with Crippen molar-refractivity contribution in [3.05, 3.63) is 35.9 Å². The molecule has 0 unspecified atom stereocenters. The van der Waals surface area contributed by atoms with Crippen molar-refractivity contribution in [2.24, 2.45) is 0 Å². The van der Waals surface area contributed by atoms with Gasteiger partial charge in [-0.2, -0.15) is 0 Å². The van der Waals surface area contributed by atoms with Crippen LogP contribution in [0.5, 0.6) is 5.75 Å². The predicted octanol–water partition coefficient (Wildman–Crippen LogP) is 2.33. The predicted molar refractivity (Wildman–Crippen MR) is 71.4 cm³/mol. The SMILES string of the molecule is COCCNCCC=Cc1ccc(OC)cc1. The molecule has 3 nitrogen and oxygen atoms in total. The van der Waals surface area contributed by atoms with Gasteiger partial charge >= 0.3 is 0 Å². The molecule has 0 aliphatic rings. The molecule has 0 aliphatic heterocycles. The van der Waals surface area contributed by atoms with Gasteiger partial charge in [0, 0.05) is 13.7 Å². The number of hydrogen-bond acceptors (Lipinski definition) is 3. The van der Waals surface area contributed by atoms with Crippen molar-refractivity contribution in [1.29, 1.82) is 0 Å². The van der Waals surface area contributed by atoms with Crippen LogP contribution >= 0.6 is 0 Å². The van der Waals surface area contributed by atoms with Crippen molar-refractivity contribution in [2.45, 2.75) is 6.42 Å². The molecule has 0 fully saturated rings. The molecule has 0 amide bonds. The van der Waals surface area contributed by atoms with Gasteiger partial charge in [-0.05, 0) is 30.7 Å². The number of methoxy groups -OCH3 is 2. The second-order valence-corrected chi connectivity index (χ2v) is 3.71. The lowest BCUT2D eigenvalue weighted by atomic mass is 10.2. The summed E-state index contributed by atoms with van der Waals surface area (Å²) in [6.07, 6.45) is 5.31. The van der Waals surface area contributed by atoms with Crippen molar-refractivity contribution >= 4 is 6.08 Å². The van der Waals surface area contributed by atoms with E-state index < -0.39 is 0 Å². The van der Waals surface area contributed by atoms with Crippen LogP contribution < -0.4 is 10.1 Å². The first kappa shape index (κ1) is 13.7. The minimum absolute atomic E-state index is 0.766. The second kappa shape index (κ2) is 8.79. The van der Waals surface area contributed by atoms with E-state index in [0.717, 1.165) is 31.9 Å². The largest absolute Gasteiger partial charge is 0.497 e. The Morgan fingerprint density at radius 1 is 1.12 bits per heavy atom. The number of benzene rings is 1. The average Bonchev–Trinajstić information content (AvgIpc) is 2.38. The minimum Gasteiger partial charge on any atom is -0.497 e. The summed E-state index contributed by atoms with van der Waals surface area (Å²) >= 11 is 0. The molecule has 1 aromatic carbocycles. The zero-order chi connectivity index (χ0) is 12.3. The van der Waals surface area contributed by atoms with Crippen molar-refractivity contribution in [3.63, 3.8) is 0 Å². The lowest BCUT2D eigenvalue weighted by molar-refractivity contribution is 0.199. The molecule has 0 saturated carbocycles. The van der Waals surface area contributed by atoms with Gasteiger partial charge in [-0.25, -0.2) is 0 Å². The molecule has 1 rings (SSSR count). The normalized spacial score (nSPS) is 10.9. The highest BCUT2D eigenvalue weighted by atomic mass is 16.5. The second-order valence-electron chi connectivity index (χ2n) is 3.71. The fourth-order valence-corrected chi connectivity index (χ4v) is 1.42. The van der Waals surface area contributed by atoms with Crippen LogP contribution in [0.25, 0.3) is 6.08 Å². The van der Waals surface area contributed by atoms with Crippen molar-refractivity contribution in [3.8, 4) is 5.75 Å². The molecule has 0 saturated heterocycles. The van der Waals surface area contributed by atoms with Crippen LogP contribution in [-0.4, -0.2) is 33.9 Å². The molecular formula is C14H21NO2. The third kappa shape index (κ3) is 6.09. The first-order valence-corrected chi connectivity index (χ1v) is 5.87. The van der Waals surface area contributed by atoms with E-state index in [-0.39, 0.29) is 0 Å². The van der Waals surface area contributed by atoms with Crippen molar-refractivity contribution in [1.82, 2.24) is 5.32 Å². The Labute approximate surface area is 103 Å². The van der Waals surface area contributed by atoms with Gasteiger partial charge in [0.15, 0.2) is 0 Å². The molecule has 0 heterocycles. The van der Waals surface area contributed by atoms with Gasteiger partial charge in [0.25, 0.3) is 0 Å². The fourth-order valence-electron chi connectivity index (χ4n) is 1.42. The topological polar surface area (TPSA) is 30.5 Å². The van der Waals surface area contributed by atoms with Gasteiger partial charge in [0.2, 0.25) is 0 Å². The van der Waals surface area contributed by atoms with E-state index in [2.05, 4.69) is 17.5 Å². The maximum absolute atomic E-state index is 5.10. The molecule has 0 aromatic heterocycles. The van der Waals surface area contributed by atoms with Crippen molar-refractivity contribution < 1.29 is 9.47 Å². The number of rotatable bonds is 8. The van der Waals surface area contributed by atoms with Crippen LogP contribution in [0.4, 0.5) is 0 Å². The third-order valence-corrected chi connectivity index (χ3v) is 2.40. The summed E-state index contributed by atoms with van der Waals surface area (Å²) in [5.41, 5.74) is 1.20. The molecule has 1 N–H and O–H groups in total. The van der Waals surface area contributed by atoms with Gasteiger partial charge in [0.05, 0.1) is 13.7 Å². The first-order valence-electron chi connectivity index (χ1n) is 5.87. The van der Waals surface area contributed by atoms with Gasteiger partial charge in [-0.3, -0.25) is 0 Å². The van der Waals surface area contributed by atoms with Gasteiger partial charge < -0.3 is 14.8 Å². The summed E-state index contributed by atoms with van der Waals surface area (Å²) in [6.45, 7) is 2.66. The Hall–Kier alpha value is -1.32. The summed E-state index contributed by atoms with van der Waals surface area (Å²) < 4.78 is 10.1. The van der Waals surface area contributed by atoms with Crippen molar-refractivity contribution in [2.75, 3.05) is 33.9 Å². The van der Waals surface area contributed by atoms with Crippen LogP contribution in [0, 0.1) is 0 Å². The molecule has 0 aliphatic carbocycles. The summed E-state index contributed by atoms with van der Waals surface area (Å²) in [4.78, 5) is 0. The molecule has 1 aromatic rings. The number of ether oxygens (including phenoxy) is 2. The van der Waals surface area contributed by atoms with E-state index in [1.54, 1.807) is 14.2 Å². The molecule has 0 bridgehead atoms. The zero-order valence-electron chi connectivity index (χ0n) is 10.6. The van der Waals surface area contributed by atoms with E-state index >= 15 is 0 Å². The minimum atomic E-state index is 0.766. The quantitative estimate of drug-likeness (QED) is 0.702. The van der Waals surface area contributed by atoms with Gasteiger partial charge in [-0.15, -0.1) is 0 Å². The number of nitrogens with one attached hydrogen (secondary N) is 1. The molecule has 0 radical (unpaired) electrons. The van der Waals surface area contributed by atoms with E-state index in [4.69, 9.17) is 9.47 Å². The smallest absolute Gasteiger partial charge is 0.118 e. The zero-order valence-corrected chi connectivity index (χ0v) is 10.6. The van der Waals surface area contributed by atoms with Crippen LogP contribution in [0.15, 0.2) is 30.3 Å². The van der Waals surface area contributed by atoms with E-state index in [1.807, 2.05) is 24.3 Å². The maximum atomic E-state index is 5.10. The number of hydrogen-bond donors (Lipinski definition) is 1. The Bertz CT molecular complexity index is 319.